The van der Waals surface area contributed by atoms with E-state index in [0.717, 1.165) is 11.3 Å². The van der Waals surface area contributed by atoms with Gasteiger partial charge in [-0.25, -0.2) is 9.18 Å². The number of hydrogen-bond donors (Lipinski definition) is 1. The summed E-state index contributed by atoms with van der Waals surface area (Å²) in [6.07, 6.45) is -4.48. The summed E-state index contributed by atoms with van der Waals surface area (Å²) in [7, 11) is -1.93. The molecular formula is C22H22F4O3Si. The van der Waals surface area contributed by atoms with Gasteiger partial charge in [-0.15, -0.1) is 0 Å². The standard InChI is InChI=1S/C22H22F4O3Si/c1-5-21(22(24,25)26)18(20(27)28)11-14-10-16(30(2,3)4)12-17(19(14)29-21)13-6-8-15(23)9-7-13/h6-12H,5H2,1-4H3,(H,27,28). The molecule has 1 atom stereocenters. The summed E-state index contributed by atoms with van der Waals surface area (Å²) in [5, 5.41) is 10.5. The molecule has 2 aromatic rings. The smallest absolute Gasteiger partial charge is 0.432 e. The number of carboxylic acid groups (broad SMARTS) is 1. The molecule has 1 aliphatic rings. The van der Waals surface area contributed by atoms with Crippen molar-refractivity contribution in [3.05, 3.63) is 53.4 Å². The SMILES string of the molecule is CCC1(C(F)(F)F)Oc2c(cc([Si](C)(C)C)cc2-c2ccc(F)cc2)C=C1C(=O)O. The third kappa shape index (κ3) is 3.64. The maximum Gasteiger partial charge on any atom is 0.432 e. The van der Waals surface area contributed by atoms with E-state index < -0.39 is 43.6 Å². The number of ether oxygens (including phenoxy) is 1. The molecule has 2 aromatic carbocycles. The Hall–Kier alpha value is -2.61. The molecule has 0 aliphatic carbocycles. The Morgan fingerprint density at radius 1 is 1.13 bits per heavy atom. The Balaban J connectivity index is 2.38. The molecule has 1 N–H and O–H groups in total. The third-order valence-corrected chi connectivity index (χ3v) is 7.36. The van der Waals surface area contributed by atoms with Crippen LogP contribution < -0.4 is 9.92 Å². The van der Waals surface area contributed by atoms with Gasteiger partial charge in [0.1, 0.15) is 11.6 Å². The van der Waals surface area contributed by atoms with E-state index in [1.54, 1.807) is 12.1 Å². The van der Waals surface area contributed by atoms with Crippen LogP contribution in [0.15, 0.2) is 42.0 Å². The van der Waals surface area contributed by atoms with Gasteiger partial charge < -0.3 is 9.84 Å². The second kappa shape index (κ2) is 7.26. The van der Waals surface area contributed by atoms with Crippen molar-refractivity contribution in [3.8, 4) is 16.9 Å². The van der Waals surface area contributed by atoms with Crippen molar-refractivity contribution in [3.63, 3.8) is 0 Å². The van der Waals surface area contributed by atoms with Crippen LogP contribution in [0.2, 0.25) is 19.6 Å². The zero-order valence-electron chi connectivity index (χ0n) is 17.0. The Morgan fingerprint density at radius 2 is 1.73 bits per heavy atom. The molecule has 0 aromatic heterocycles. The molecule has 8 heteroatoms. The fourth-order valence-corrected chi connectivity index (χ4v) is 4.72. The van der Waals surface area contributed by atoms with Gasteiger partial charge in [-0.2, -0.15) is 13.2 Å². The maximum absolute atomic E-state index is 14.1. The molecule has 3 nitrogen and oxygen atoms in total. The van der Waals surface area contributed by atoms with E-state index in [2.05, 4.69) is 19.6 Å². The number of carboxylic acids is 1. The van der Waals surface area contributed by atoms with Crippen molar-refractivity contribution in [2.45, 2.75) is 44.8 Å². The van der Waals surface area contributed by atoms with Crippen molar-refractivity contribution in [2.75, 3.05) is 0 Å². The quantitative estimate of drug-likeness (QED) is 0.499. The molecule has 0 saturated heterocycles. The number of hydrogen-bond acceptors (Lipinski definition) is 2. The monoisotopic (exact) mass is 438 g/mol. The van der Waals surface area contributed by atoms with Gasteiger partial charge in [0.2, 0.25) is 5.60 Å². The van der Waals surface area contributed by atoms with Crippen LogP contribution in [-0.2, 0) is 4.79 Å². The van der Waals surface area contributed by atoms with E-state index in [4.69, 9.17) is 4.74 Å². The molecule has 0 bridgehead atoms. The van der Waals surface area contributed by atoms with E-state index in [9.17, 15) is 27.5 Å². The molecule has 1 unspecified atom stereocenters. The zero-order chi connectivity index (χ0) is 22.5. The van der Waals surface area contributed by atoms with Crippen molar-refractivity contribution in [2.24, 2.45) is 0 Å². The lowest BCUT2D eigenvalue weighted by atomic mass is 9.84. The minimum atomic E-state index is -4.94. The van der Waals surface area contributed by atoms with Crippen LogP contribution in [0.25, 0.3) is 17.2 Å². The van der Waals surface area contributed by atoms with Crippen LogP contribution >= 0.6 is 0 Å². The lowest BCUT2D eigenvalue weighted by molar-refractivity contribution is -0.236. The summed E-state index contributed by atoms with van der Waals surface area (Å²) in [6, 6.07) is 8.87. The second-order valence-corrected chi connectivity index (χ2v) is 13.4. The van der Waals surface area contributed by atoms with E-state index in [-0.39, 0.29) is 11.3 Å². The first-order chi connectivity index (χ1) is 13.8. The predicted molar refractivity (Wildman–Crippen MR) is 110 cm³/mol. The number of benzene rings is 2. The molecule has 160 valence electrons. The number of halogens is 4. The molecule has 0 amide bonds. The molecule has 0 spiro atoms. The molecule has 0 radical (unpaired) electrons. The molecule has 0 fully saturated rings. The van der Waals surface area contributed by atoms with Crippen molar-refractivity contribution in [1.82, 2.24) is 0 Å². The van der Waals surface area contributed by atoms with Crippen LogP contribution in [0.4, 0.5) is 17.6 Å². The van der Waals surface area contributed by atoms with Gasteiger partial charge in [0, 0.05) is 11.1 Å². The van der Waals surface area contributed by atoms with Crippen LogP contribution in [0.3, 0.4) is 0 Å². The van der Waals surface area contributed by atoms with Gasteiger partial charge in [-0.3, -0.25) is 0 Å². The first kappa shape index (κ1) is 22.1. The molecule has 1 aliphatic heterocycles. The number of fused-ring (bicyclic) bond motifs is 1. The third-order valence-electron chi connectivity index (χ3n) is 5.34. The number of alkyl halides is 3. The van der Waals surface area contributed by atoms with Crippen LogP contribution in [0.1, 0.15) is 18.9 Å². The number of rotatable bonds is 4. The average molecular weight is 438 g/mol. The summed E-state index contributed by atoms with van der Waals surface area (Å²) in [6.45, 7) is 7.45. The van der Waals surface area contributed by atoms with Gasteiger partial charge in [-0.05, 0) is 30.2 Å². The van der Waals surface area contributed by atoms with Crippen molar-refractivity contribution >= 4 is 25.3 Å². The normalized spacial score (nSPS) is 19.0. The highest BCUT2D eigenvalue weighted by atomic mass is 28.3. The summed E-state index contributed by atoms with van der Waals surface area (Å²) < 4.78 is 61.2. The number of aliphatic carboxylic acids is 1. The Kier molecular flexibility index (Phi) is 5.35. The minimum Gasteiger partial charge on any atom is -0.478 e. The molecular weight excluding hydrogens is 416 g/mol. The second-order valence-electron chi connectivity index (χ2n) is 8.34. The van der Waals surface area contributed by atoms with Gasteiger partial charge in [0.15, 0.2) is 0 Å². The molecule has 1 heterocycles. The Morgan fingerprint density at radius 3 is 2.20 bits per heavy atom. The van der Waals surface area contributed by atoms with E-state index >= 15 is 0 Å². The fourth-order valence-electron chi connectivity index (χ4n) is 3.56. The highest BCUT2D eigenvalue weighted by Gasteiger charge is 2.62. The average Bonchev–Trinajstić information content (AvgIpc) is 2.64. The summed E-state index contributed by atoms with van der Waals surface area (Å²) in [5.74, 6) is -2.20. The minimum absolute atomic E-state index is 0.0483. The largest absolute Gasteiger partial charge is 0.478 e. The summed E-state index contributed by atoms with van der Waals surface area (Å²) in [4.78, 5) is 11.8. The number of carbonyl (C=O) groups is 1. The summed E-state index contributed by atoms with van der Waals surface area (Å²) >= 11 is 0. The van der Waals surface area contributed by atoms with Gasteiger partial charge >= 0.3 is 12.1 Å². The predicted octanol–water partition coefficient (Wildman–Crippen LogP) is 5.61. The van der Waals surface area contributed by atoms with Crippen molar-refractivity contribution < 1.29 is 32.2 Å². The zero-order valence-corrected chi connectivity index (χ0v) is 18.0. The molecule has 3 rings (SSSR count). The molecule has 30 heavy (non-hydrogen) atoms. The maximum atomic E-state index is 14.1. The Bertz CT molecular complexity index is 1020. The fraction of sp³-hybridized carbons (Fsp3) is 0.318. The molecule has 0 saturated carbocycles. The van der Waals surface area contributed by atoms with Gasteiger partial charge in [0.05, 0.1) is 13.6 Å². The first-order valence-electron chi connectivity index (χ1n) is 9.46. The van der Waals surface area contributed by atoms with Crippen LogP contribution in [0, 0.1) is 5.82 Å². The van der Waals surface area contributed by atoms with E-state index in [1.165, 1.54) is 31.2 Å². The Labute approximate surface area is 173 Å². The van der Waals surface area contributed by atoms with E-state index in [0.29, 0.717) is 11.1 Å². The lowest BCUT2D eigenvalue weighted by Crippen LogP contribution is -2.54. The van der Waals surface area contributed by atoms with Crippen LogP contribution in [0.5, 0.6) is 5.75 Å². The van der Waals surface area contributed by atoms with Crippen LogP contribution in [-0.4, -0.2) is 30.9 Å². The van der Waals surface area contributed by atoms with E-state index in [1.807, 2.05) is 0 Å². The first-order valence-corrected chi connectivity index (χ1v) is 13.0. The van der Waals surface area contributed by atoms with Gasteiger partial charge in [-0.1, -0.05) is 56.0 Å². The van der Waals surface area contributed by atoms with Gasteiger partial charge in [0.25, 0.3) is 0 Å². The topological polar surface area (TPSA) is 46.5 Å². The highest BCUT2D eigenvalue weighted by Crippen LogP contribution is 2.49. The highest BCUT2D eigenvalue weighted by molar-refractivity contribution is 6.88. The summed E-state index contributed by atoms with van der Waals surface area (Å²) in [5.41, 5.74) is -2.66. The van der Waals surface area contributed by atoms with Crippen molar-refractivity contribution in [1.29, 1.82) is 0 Å². The lowest BCUT2D eigenvalue weighted by Gasteiger charge is -2.40.